The smallest absolute Gasteiger partial charge is 0.318 e. The molecule has 1 saturated carbocycles. The maximum absolute atomic E-state index is 14.1. The van der Waals surface area contributed by atoms with Gasteiger partial charge in [-0.15, -0.1) is 5.10 Å². The zero-order chi connectivity index (χ0) is 30.3. The number of tetrazole rings is 1. The number of rotatable bonds is 14. The highest BCUT2D eigenvalue weighted by molar-refractivity contribution is 5.99. The van der Waals surface area contributed by atoms with Crippen LogP contribution < -0.4 is 14.8 Å². The number of halogens is 2. The summed E-state index contributed by atoms with van der Waals surface area (Å²) < 4.78 is 39.9. The quantitative estimate of drug-likeness (QED) is 0.186. The monoisotopic (exact) mass is 584 g/mol. The standard InChI is InChI=1S/C30H38F2N6O4/c1-5-41-24-16-23(17-25(42-6-2)26(24)21(4)39)20(3)38(15-11-10-14-22-12-8-7-9-13-22)28(40)33-29(18-30(31,32)19-29)27-34-36-37-35-27/h7-9,12-13,16-17,20H,5-6,10-11,14-15,18-19H2,1-4H3,(H,33,40)(H,34,35,36,37). The summed E-state index contributed by atoms with van der Waals surface area (Å²) in [5.41, 5.74) is 0.788. The predicted octanol–water partition coefficient (Wildman–Crippen LogP) is 5.62. The van der Waals surface area contributed by atoms with E-state index in [1.807, 2.05) is 39.0 Å². The summed E-state index contributed by atoms with van der Waals surface area (Å²) in [5, 5.41) is 16.3. The Morgan fingerprint density at radius 3 is 2.24 bits per heavy atom. The van der Waals surface area contributed by atoms with Crippen LogP contribution in [-0.4, -0.2) is 63.0 Å². The van der Waals surface area contributed by atoms with Crippen molar-refractivity contribution in [1.82, 2.24) is 30.8 Å². The highest BCUT2D eigenvalue weighted by Gasteiger charge is 2.60. The third-order valence-electron chi connectivity index (χ3n) is 7.47. The first-order valence-corrected chi connectivity index (χ1v) is 14.3. The van der Waals surface area contributed by atoms with Crippen LogP contribution in [0.4, 0.5) is 13.6 Å². The summed E-state index contributed by atoms with van der Waals surface area (Å²) in [6.45, 7) is 7.94. The van der Waals surface area contributed by atoms with Gasteiger partial charge in [-0.1, -0.05) is 30.3 Å². The number of nitrogens with one attached hydrogen (secondary N) is 2. The number of aromatic nitrogens is 4. The minimum absolute atomic E-state index is 0.0848. The van der Waals surface area contributed by atoms with E-state index in [1.54, 1.807) is 17.0 Å². The van der Waals surface area contributed by atoms with Crippen LogP contribution in [0.3, 0.4) is 0 Å². The van der Waals surface area contributed by atoms with Crippen molar-refractivity contribution >= 4 is 11.8 Å². The molecule has 42 heavy (non-hydrogen) atoms. The molecule has 1 aliphatic carbocycles. The Labute approximate surface area is 244 Å². The van der Waals surface area contributed by atoms with E-state index in [4.69, 9.17) is 9.47 Å². The van der Waals surface area contributed by atoms with Gasteiger partial charge in [-0.05, 0) is 80.6 Å². The maximum atomic E-state index is 14.1. The van der Waals surface area contributed by atoms with E-state index in [-0.39, 0.29) is 11.6 Å². The molecule has 4 rings (SSSR count). The van der Waals surface area contributed by atoms with E-state index in [0.29, 0.717) is 48.8 Å². The average molecular weight is 585 g/mol. The number of aromatic amines is 1. The summed E-state index contributed by atoms with van der Waals surface area (Å²) >= 11 is 0. The van der Waals surface area contributed by atoms with Gasteiger partial charge in [0.1, 0.15) is 22.6 Å². The highest BCUT2D eigenvalue weighted by Crippen LogP contribution is 2.50. The normalized spacial score (nSPS) is 15.8. The number of carbonyl (C=O) groups is 2. The van der Waals surface area contributed by atoms with Crippen LogP contribution in [0, 0.1) is 0 Å². The molecular weight excluding hydrogens is 546 g/mol. The zero-order valence-electron chi connectivity index (χ0n) is 24.5. The van der Waals surface area contributed by atoms with E-state index in [9.17, 15) is 18.4 Å². The molecule has 1 aromatic heterocycles. The molecule has 1 heterocycles. The topological polar surface area (TPSA) is 122 Å². The number of amides is 2. The second kappa shape index (κ2) is 13.3. The molecule has 2 N–H and O–H groups in total. The van der Waals surface area contributed by atoms with E-state index in [1.165, 1.54) is 12.5 Å². The van der Waals surface area contributed by atoms with Gasteiger partial charge in [-0.3, -0.25) is 4.79 Å². The van der Waals surface area contributed by atoms with E-state index < -0.39 is 36.4 Å². The number of carbonyl (C=O) groups excluding carboxylic acids is 2. The van der Waals surface area contributed by atoms with Gasteiger partial charge >= 0.3 is 6.03 Å². The molecular formula is C30H38F2N6O4. The van der Waals surface area contributed by atoms with Gasteiger partial charge in [-0.2, -0.15) is 0 Å². The molecule has 1 fully saturated rings. The van der Waals surface area contributed by atoms with Gasteiger partial charge in [0.05, 0.1) is 19.3 Å². The van der Waals surface area contributed by atoms with Crippen LogP contribution in [0.2, 0.25) is 0 Å². The molecule has 226 valence electrons. The molecule has 2 amide bonds. The average Bonchev–Trinajstić information content (AvgIpc) is 3.48. The molecule has 0 saturated heterocycles. The van der Waals surface area contributed by atoms with Gasteiger partial charge in [0.15, 0.2) is 11.6 Å². The van der Waals surface area contributed by atoms with Crippen molar-refractivity contribution in [3.63, 3.8) is 0 Å². The molecule has 10 nitrogen and oxygen atoms in total. The molecule has 12 heteroatoms. The summed E-state index contributed by atoms with van der Waals surface area (Å²) in [6.07, 6.45) is 1.08. The Morgan fingerprint density at radius 2 is 1.71 bits per heavy atom. The van der Waals surface area contributed by atoms with Crippen molar-refractivity contribution in [3.8, 4) is 11.5 Å². The lowest BCUT2D eigenvalue weighted by Gasteiger charge is -2.46. The maximum Gasteiger partial charge on any atom is 0.318 e. The van der Waals surface area contributed by atoms with Gasteiger partial charge in [0.2, 0.25) is 0 Å². The molecule has 1 aliphatic rings. The van der Waals surface area contributed by atoms with Crippen molar-refractivity contribution < 1.29 is 27.8 Å². The van der Waals surface area contributed by atoms with Crippen molar-refractivity contribution in [1.29, 1.82) is 0 Å². The largest absolute Gasteiger partial charge is 0.493 e. The van der Waals surface area contributed by atoms with Gasteiger partial charge in [-0.25, -0.2) is 18.7 Å². The third kappa shape index (κ3) is 7.03. The molecule has 0 radical (unpaired) electrons. The first kappa shape index (κ1) is 30.9. The summed E-state index contributed by atoms with van der Waals surface area (Å²) in [5.74, 6) is -2.34. The number of Topliss-reactive ketones (excluding diaryl/α,β-unsaturated/α-hetero) is 1. The molecule has 0 spiro atoms. The number of alkyl halides is 2. The second-order valence-electron chi connectivity index (χ2n) is 10.6. The van der Waals surface area contributed by atoms with E-state index >= 15 is 0 Å². The fourth-order valence-corrected chi connectivity index (χ4v) is 5.43. The summed E-state index contributed by atoms with van der Waals surface area (Å²) in [4.78, 5) is 28.0. The Hall–Kier alpha value is -4.09. The fraction of sp³-hybridized carbons (Fsp3) is 0.500. The van der Waals surface area contributed by atoms with Crippen molar-refractivity contribution in [2.24, 2.45) is 0 Å². The Kier molecular flexibility index (Phi) is 9.74. The Bertz CT molecular complexity index is 1320. The number of benzene rings is 2. The third-order valence-corrected chi connectivity index (χ3v) is 7.47. The number of ether oxygens (including phenoxy) is 2. The molecule has 0 aliphatic heterocycles. The number of hydrogen-bond acceptors (Lipinski definition) is 7. The van der Waals surface area contributed by atoms with Crippen LogP contribution in [-0.2, 0) is 12.0 Å². The van der Waals surface area contributed by atoms with Crippen molar-refractivity contribution in [2.45, 2.75) is 77.3 Å². The predicted molar refractivity (Wildman–Crippen MR) is 152 cm³/mol. The van der Waals surface area contributed by atoms with Crippen LogP contribution in [0.15, 0.2) is 42.5 Å². The van der Waals surface area contributed by atoms with Gasteiger partial charge in [0, 0.05) is 19.4 Å². The number of hydrogen-bond donors (Lipinski definition) is 2. The number of nitrogens with zero attached hydrogens (tertiary/aromatic N) is 4. The number of H-pyrrole nitrogens is 1. The van der Waals surface area contributed by atoms with Crippen LogP contribution in [0.1, 0.15) is 86.7 Å². The minimum Gasteiger partial charge on any atom is -0.493 e. The Balaban J connectivity index is 1.63. The van der Waals surface area contributed by atoms with Crippen LogP contribution >= 0.6 is 0 Å². The molecule has 3 aromatic rings. The first-order chi connectivity index (χ1) is 20.1. The lowest BCUT2D eigenvalue weighted by Crippen LogP contribution is -2.62. The Morgan fingerprint density at radius 1 is 1.07 bits per heavy atom. The minimum atomic E-state index is -2.95. The molecule has 1 atom stereocenters. The SMILES string of the molecule is CCOc1cc(C(C)N(CCCCc2ccccc2)C(=O)NC2(c3nnn[nH]3)CC(F)(F)C2)cc(OCC)c1C(C)=O. The van der Waals surface area contributed by atoms with Crippen LogP contribution in [0.5, 0.6) is 11.5 Å². The fourth-order valence-electron chi connectivity index (χ4n) is 5.43. The van der Waals surface area contributed by atoms with Crippen molar-refractivity contribution in [2.75, 3.05) is 19.8 Å². The lowest BCUT2D eigenvalue weighted by atomic mass is 9.72. The van der Waals surface area contributed by atoms with E-state index in [0.717, 1.165) is 12.8 Å². The number of unbranched alkanes of at least 4 members (excludes halogenated alkanes) is 1. The zero-order valence-corrected chi connectivity index (χ0v) is 24.5. The molecule has 1 unspecified atom stereocenters. The summed E-state index contributed by atoms with van der Waals surface area (Å²) in [7, 11) is 0. The van der Waals surface area contributed by atoms with Gasteiger partial charge < -0.3 is 19.7 Å². The highest BCUT2D eigenvalue weighted by atomic mass is 19.3. The van der Waals surface area contributed by atoms with Crippen LogP contribution in [0.25, 0.3) is 0 Å². The summed E-state index contributed by atoms with van der Waals surface area (Å²) in [6, 6.07) is 12.5. The lowest BCUT2D eigenvalue weighted by molar-refractivity contribution is -0.137. The number of ketones is 1. The first-order valence-electron chi connectivity index (χ1n) is 14.3. The number of aryl methyl sites for hydroxylation is 1. The van der Waals surface area contributed by atoms with Gasteiger partial charge in [0.25, 0.3) is 5.92 Å². The van der Waals surface area contributed by atoms with E-state index in [2.05, 4.69) is 38.1 Å². The number of urea groups is 1. The molecule has 0 bridgehead atoms. The van der Waals surface area contributed by atoms with Crippen molar-refractivity contribution in [3.05, 3.63) is 65.0 Å². The second-order valence-corrected chi connectivity index (χ2v) is 10.6. The molecule has 2 aromatic carbocycles.